The third-order valence-electron chi connectivity index (χ3n) is 6.52. The van der Waals surface area contributed by atoms with Crippen LogP contribution in [-0.4, -0.2) is 65.2 Å². The van der Waals surface area contributed by atoms with E-state index in [4.69, 9.17) is 26.5 Å². The number of alkyl halides is 3. The Morgan fingerprint density at radius 1 is 1.27 bits per heavy atom. The molecule has 0 bridgehead atoms. The van der Waals surface area contributed by atoms with Crippen LogP contribution in [-0.2, 0) is 13.2 Å². The van der Waals surface area contributed by atoms with Crippen molar-refractivity contribution in [3.05, 3.63) is 58.5 Å². The second-order valence-corrected chi connectivity index (χ2v) is 9.85. The summed E-state index contributed by atoms with van der Waals surface area (Å²) < 4.78 is 54.5. The summed E-state index contributed by atoms with van der Waals surface area (Å²) in [5, 5.41) is 16.7. The number of likely N-dealkylation sites (N-methyl/N-ethyl adjacent to an activating group) is 1. The van der Waals surface area contributed by atoms with Gasteiger partial charge in [0.15, 0.2) is 17.2 Å². The second kappa shape index (κ2) is 11.3. The molecule has 11 nitrogen and oxygen atoms in total. The molecule has 0 amide bonds. The molecule has 1 saturated heterocycles. The molecule has 0 aliphatic carbocycles. The highest BCUT2D eigenvalue weighted by Gasteiger charge is 2.32. The van der Waals surface area contributed by atoms with Crippen LogP contribution in [0.2, 0.25) is 5.02 Å². The second-order valence-electron chi connectivity index (χ2n) is 9.47. The van der Waals surface area contributed by atoms with Crippen molar-refractivity contribution < 1.29 is 22.6 Å². The van der Waals surface area contributed by atoms with Crippen molar-refractivity contribution in [1.29, 1.82) is 5.41 Å². The van der Waals surface area contributed by atoms with Gasteiger partial charge in [-0.2, -0.15) is 18.2 Å². The van der Waals surface area contributed by atoms with E-state index in [9.17, 15) is 13.2 Å². The predicted molar refractivity (Wildman–Crippen MR) is 150 cm³/mol. The summed E-state index contributed by atoms with van der Waals surface area (Å²) >= 11 is 6.67. The van der Waals surface area contributed by atoms with Crippen molar-refractivity contribution in [2.24, 2.45) is 12.0 Å². The number of ether oxygens (including phenoxy) is 2. The van der Waals surface area contributed by atoms with E-state index in [0.717, 1.165) is 31.3 Å². The molecule has 216 valence electrons. The molecule has 2 aliphatic heterocycles. The number of aliphatic imine (C=N–C) groups is 1. The number of fused-ring (bicyclic) bond motifs is 1. The summed E-state index contributed by atoms with van der Waals surface area (Å²) in [5.41, 5.74) is 0.334. The van der Waals surface area contributed by atoms with E-state index in [1.807, 2.05) is 7.05 Å². The number of rotatable bonds is 8. The monoisotopic (exact) mass is 589 g/mol. The molecule has 15 heteroatoms. The number of halogens is 4. The fourth-order valence-electron chi connectivity index (χ4n) is 4.42. The standard InChI is InChI=1S/C26H27ClF3N9O2/c1-32-21-12-33-18(10-34-21)19(9-31)41-20-11-35-24-23(22(20)27)39(3)25(37-24)36-15-6-14(26(28,29)30)7-17(8-15)40-16-4-5-38(2)13-16/h6-12,16,31-33H,4-5,13H2,1-3H3,(H,35,36,37)/b19-18+,31-9?/t16-/m1/s1. The molecule has 2 aliphatic rings. The number of nitrogens with one attached hydrogen (secondary N) is 4. The molecule has 1 atom stereocenters. The lowest BCUT2D eigenvalue weighted by Gasteiger charge is -2.17. The lowest BCUT2D eigenvalue weighted by molar-refractivity contribution is -0.137. The number of aromatic nitrogens is 3. The maximum Gasteiger partial charge on any atom is 0.416 e. The number of hydrogen-bond acceptors (Lipinski definition) is 10. The first-order valence-corrected chi connectivity index (χ1v) is 12.9. The van der Waals surface area contributed by atoms with Crippen LogP contribution in [0.4, 0.5) is 24.8 Å². The molecule has 0 spiro atoms. The number of aryl methyl sites for hydroxylation is 1. The minimum atomic E-state index is -4.57. The number of hydrogen-bond donors (Lipinski definition) is 4. The van der Waals surface area contributed by atoms with Gasteiger partial charge in [0.25, 0.3) is 0 Å². The largest absolute Gasteiger partial charge is 0.489 e. The van der Waals surface area contributed by atoms with Crippen molar-refractivity contribution in [2.75, 3.05) is 32.5 Å². The van der Waals surface area contributed by atoms with Gasteiger partial charge in [-0.3, -0.25) is 0 Å². The fraction of sp³-hybridized carbons (Fsp3) is 0.308. The van der Waals surface area contributed by atoms with Gasteiger partial charge < -0.3 is 40.3 Å². The molecule has 2 aromatic heterocycles. The molecule has 5 rings (SSSR count). The van der Waals surface area contributed by atoms with E-state index in [0.29, 0.717) is 23.6 Å². The van der Waals surface area contributed by atoms with E-state index >= 15 is 0 Å². The first-order valence-electron chi connectivity index (χ1n) is 12.5. The number of anilines is 2. The summed E-state index contributed by atoms with van der Waals surface area (Å²) in [5.74, 6) is 1.19. The summed E-state index contributed by atoms with van der Waals surface area (Å²) in [4.78, 5) is 15.0. The Labute approximate surface area is 238 Å². The summed E-state index contributed by atoms with van der Waals surface area (Å²) in [6.07, 6.45) is 1.41. The third kappa shape index (κ3) is 6.07. The molecule has 3 aromatic rings. The van der Waals surface area contributed by atoms with E-state index in [-0.39, 0.29) is 45.7 Å². The Balaban J connectivity index is 1.44. The van der Waals surface area contributed by atoms with Crippen LogP contribution in [0.5, 0.6) is 11.5 Å². The minimum Gasteiger partial charge on any atom is -0.489 e. The summed E-state index contributed by atoms with van der Waals surface area (Å²) in [6.45, 7) is 1.44. The number of nitrogens with zero attached hydrogens (tertiary/aromatic N) is 5. The fourth-order valence-corrected chi connectivity index (χ4v) is 4.72. The van der Waals surface area contributed by atoms with E-state index in [2.05, 4.69) is 35.8 Å². The van der Waals surface area contributed by atoms with Crippen LogP contribution in [0.1, 0.15) is 12.0 Å². The molecule has 4 N–H and O–H groups in total. The Morgan fingerprint density at radius 3 is 2.71 bits per heavy atom. The number of benzene rings is 1. The molecular weight excluding hydrogens is 563 g/mol. The zero-order chi connectivity index (χ0) is 29.3. The maximum absolute atomic E-state index is 13.7. The van der Waals surface area contributed by atoms with Gasteiger partial charge in [-0.1, -0.05) is 11.6 Å². The van der Waals surface area contributed by atoms with Gasteiger partial charge in [0.2, 0.25) is 5.95 Å². The van der Waals surface area contributed by atoms with Crippen LogP contribution >= 0.6 is 11.6 Å². The van der Waals surface area contributed by atoms with Gasteiger partial charge in [-0.15, -0.1) is 0 Å². The van der Waals surface area contributed by atoms with E-state index in [1.54, 1.807) is 24.9 Å². The van der Waals surface area contributed by atoms with Gasteiger partial charge in [0.1, 0.15) is 33.9 Å². The van der Waals surface area contributed by atoms with Crippen molar-refractivity contribution in [1.82, 2.24) is 30.1 Å². The van der Waals surface area contributed by atoms with Crippen molar-refractivity contribution in [2.45, 2.75) is 18.7 Å². The van der Waals surface area contributed by atoms with Gasteiger partial charge in [-0.05, 0) is 25.6 Å². The van der Waals surface area contributed by atoms with Crippen LogP contribution < -0.4 is 25.4 Å². The van der Waals surface area contributed by atoms with Crippen LogP contribution in [0.25, 0.3) is 11.2 Å². The highest BCUT2D eigenvalue weighted by Crippen LogP contribution is 2.37. The van der Waals surface area contributed by atoms with Crippen LogP contribution in [0.3, 0.4) is 0 Å². The molecular formula is C26H27ClF3N9O2. The number of pyridine rings is 1. The van der Waals surface area contributed by atoms with Gasteiger partial charge in [-0.25, -0.2) is 9.98 Å². The van der Waals surface area contributed by atoms with Crippen molar-refractivity contribution >= 4 is 46.8 Å². The van der Waals surface area contributed by atoms with Crippen LogP contribution in [0.15, 0.2) is 52.9 Å². The molecule has 0 saturated carbocycles. The maximum atomic E-state index is 13.7. The quantitative estimate of drug-likeness (QED) is 0.225. The molecule has 1 aromatic carbocycles. The van der Waals surface area contributed by atoms with E-state index in [1.165, 1.54) is 18.5 Å². The summed E-state index contributed by atoms with van der Waals surface area (Å²) in [7, 11) is 5.30. The average molecular weight is 590 g/mol. The zero-order valence-corrected chi connectivity index (χ0v) is 23.1. The normalized spacial score (nSPS) is 18.6. The summed E-state index contributed by atoms with van der Waals surface area (Å²) in [6, 6.07) is 3.49. The topological polar surface area (TPSA) is 125 Å². The lowest BCUT2D eigenvalue weighted by Crippen LogP contribution is -2.21. The molecule has 1 fully saturated rings. The third-order valence-corrected chi connectivity index (χ3v) is 6.88. The Hall–Kier alpha value is -4.30. The highest BCUT2D eigenvalue weighted by molar-refractivity contribution is 6.36. The van der Waals surface area contributed by atoms with Gasteiger partial charge in [0, 0.05) is 45.1 Å². The minimum absolute atomic E-state index is 0.108. The SMILES string of the molecule is CNC1=CN/C(=C(\C=N)Oc2cnc3nc(Nc4cc(O[C@@H]5CCN(C)C5)cc(C(F)(F)F)c4)n(C)c3c2Cl)C=N1. The Kier molecular flexibility index (Phi) is 7.78. The Morgan fingerprint density at radius 2 is 2.07 bits per heavy atom. The number of imidazole rings is 1. The van der Waals surface area contributed by atoms with E-state index < -0.39 is 11.7 Å². The first-order chi connectivity index (χ1) is 19.5. The molecule has 41 heavy (non-hydrogen) atoms. The molecule has 0 unspecified atom stereocenters. The Bertz CT molecular complexity index is 1580. The average Bonchev–Trinajstić information content (AvgIpc) is 3.49. The van der Waals surface area contributed by atoms with Crippen LogP contribution in [0, 0.1) is 5.41 Å². The van der Waals surface area contributed by atoms with Gasteiger partial charge in [0.05, 0.1) is 24.2 Å². The number of likely N-dealkylation sites (tertiary alicyclic amines) is 1. The lowest BCUT2D eigenvalue weighted by atomic mass is 10.1. The molecule has 0 radical (unpaired) electrons. The highest BCUT2D eigenvalue weighted by atomic mass is 35.5. The van der Waals surface area contributed by atoms with Gasteiger partial charge >= 0.3 is 6.18 Å². The van der Waals surface area contributed by atoms with Crippen molar-refractivity contribution in [3.63, 3.8) is 0 Å². The molecule has 4 heterocycles. The zero-order valence-electron chi connectivity index (χ0n) is 22.3. The first kappa shape index (κ1) is 28.2. The predicted octanol–water partition coefficient (Wildman–Crippen LogP) is 4.40. The smallest absolute Gasteiger partial charge is 0.416 e. The number of allylic oxidation sites excluding steroid dienone is 2. The van der Waals surface area contributed by atoms with Crippen molar-refractivity contribution in [3.8, 4) is 11.5 Å².